The molecule has 0 fully saturated rings. The van der Waals surface area contributed by atoms with E-state index in [1.165, 1.54) is 12.1 Å². The second-order valence-corrected chi connectivity index (χ2v) is 5.97. The number of hydrogen-bond acceptors (Lipinski definition) is 2. The van der Waals surface area contributed by atoms with Crippen LogP contribution in [0.4, 0.5) is 4.39 Å². The summed E-state index contributed by atoms with van der Waals surface area (Å²) in [5.74, 6) is -2.30. The van der Waals surface area contributed by atoms with Crippen LogP contribution in [0.1, 0.15) is 37.6 Å². The van der Waals surface area contributed by atoms with Gasteiger partial charge in [0.25, 0.3) is 5.91 Å². The molecule has 1 atom stereocenters. The van der Waals surface area contributed by atoms with Crippen molar-refractivity contribution in [3.05, 3.63) is 34.6 Å². The van der Waals surface area contributed by atoms with Crippen LogP contribution in [0.2, 0.25) is 5.02 Å². The van der Waals surface area contributed by atoms with E-state index < -0.39 is 29.2 Å². The van der Waals surface area contributed by atoms with Gasteiger partial charge in [-0.1, -0.05) is 38.4 Å². The third kappa shape index (κ3) is 4.20. The lowest BCUT2D eigenvalue weighted by atomic mass is 9.84. The summed E-state index contributed by atoms with van der Waals surface area (Å²) in [4.78, 5) is 23.0. The number of halogens is 2. The van der Waals surface area contributed by atoms with Crippen LogP contribution in [0.15, 0.2) is 18.2 Å². The lowest BCUT2D eigenvalue weighted by molar-refractivity contribution is -0.138. The lowest BCUT2D eigenvalue weighted by Gasteiger charge is -2.30. The zero-order chi connectivity index (χ0) is 15.5. The van der Waals surface area contributed by atoms with Gasteiger partial charge in [-0.15, -0.1) is 0 Å². The molecule has 1 unspecified atom stereocenters. The molecule has 0 aromatic heterocycles. The van der Waals surface area contributed by atoms with E-state index in [9.17, 15) is 14.0 Å². The Balaban J connectivity index is 2.96. The maximum absolute atomic E-state index is 13.3. The number of hydrogen-bond donors (Lipinski definition) is 2. The first kappa shape index (κ1) is 16.4. The molecule has 0 aliphatic rings. The van der Waals surface area contributed by atoms with E-state index in [-0.39, 0.29) is 17.0 Å². The van der Waals surface area contributed by atoms with Crippen LogP contribution in [0, 0.1) is 11.2 Å². The molecule has 0 aliphatic heterocycles. The number of carbonyl (C=O) groups excluding carboxylic acids is 1. The van der Waals surface area contributed by atoms with E-state index in [2.05, 4.69) is 5.32 Å². The molecule has 1 rings (SSSR count). The molecule has 1 aromatic rings. The fourth-order valence-corrected chi connectivity index (χ4v) is 1.88. The Morgan fingerprint density at radius 2 is 2.00 bits per heavy atom. The van der Waals surface area contributed by atoms with Crippen molar-refractivity contribution in [1.82, 2.24) is 5.32 Å². The monoisotopic (exact) mass is 301 g/mol. The van der Waals surface area contributed by atoms with Gasteiger partial charge in [0.2, 0.25) is 0 Å². The largest absolute Gasteiger partial charge is 0.481 e. The fourth-order valence-electron chi connectivity index (χ4n) is 1.66. The van der Waals surface area contributed by atoms with Gasteiger partial charge in [0.1, 0.15) is 5.82 Å². The fraction of sp³-hybridized carbons (Fsp3) is 0.429. The minimum absolute atomic E-state index is 0.00805. The molecule has 1 aromatic carbocycles. The minimum atomic E-state index is -1.02. The highest BCUT2D eigenvalue weighted by Gasteiger charge is 2.29. The highest BCUT2D eigenvalue weighted by molar-refractivity contribution is 6.34. The first-order valence-corrected chi connectivity index (χ1v) is 6.47. The van der Waals surface area contributed by atoms with Gasteiger partial charge in [-0.3, -0.25) is 9.59 Å². The molecule has 1 amide bonds. The second kappa shape index (κ2) is 6.22. The summed E-state index contributed by atoms with van der Waals surface area (Å²) in [5, 5.41) is 11.2. The summed E-state index contributed by atoms with van der Waals surface area (Å²) in [7, 11) is 0. The van der Waals surface area contributed by atoms with Crippen molar-refractivity contribution >= 4 is 23.5 Å². The average Bonchev–Trinajstić information content (AvgIpc) is 2.30. The summed E-state index contributed by atoms with van der Waals surface area (Å²) in [6, 6.07) is 3.32. The van der Waals surface area contributed by atoms with E-state index in [1.54, 1.807) is 0 Å². The van der Waals surface area contributed by atoms with Crippen LogP contribution in [0.25, 0.3) is 0 Å². The van der Waals surface area contributed by atoms with E-state index >= 15 is 0 Å². The highest BCUT2D eigenvalue weighted by atomic mass is 35.5. The van der Waals surface area contributed by atoms with E-state index in [0.29, 0.717) is 0 Å². The number of carboxylic acid groups (broad SMARTS) is 1. The lowest BCUT2D eigenvalue weighted by Crippen LogP contribution is -2.45. The minimum Gasteiger partial charge on any atom is -0.481 e. The van der Waals surface area contributed by atoms with Crippen LogP contribution >= 0.6 is 11.6 Å². The van der Waals surface area contributed by atoms with Crippen molar-refractivity contribution in [2.75, 3.05) is 0 Å². The molecule has 0 saturated carbocycles. The van der Waals surface area contributed by atoms with Crippen LogP contribution in [0.3, 0.4) is 0 Å². The molecule has 20 heavy (non-hydrogen) atoms. The number of carbonyl (C=O) groups is 2. The molecule has 110 valence electrons. The Morgan fingerprint density at radius 3 is 2.50 bits per heavy atom. The normalized spacial score (nSPS) is 12.8. The smallest absolute Gasteiger partial charge is 0.305 e. The first-order valence-electron chi connectivity index (χ1n) is 6.09. The van der Waals surface area contributed by atoms with Gasteiger partial charge in [0.15, 0.2) is 0 Å². The summed E-state index contributed by atoms with van der Waals surface area (Å²) in [5.41, 5.74) is -0.459. The molecule has 0 bridgehead atoms. The predicted octanol–water partition coefficient (Wildman–Crippen LogP) is 3.10. The van der Waals surface area contributed by atoms with Crippen molar-refractivity contribution in [3.8, 4) is 0 Å². The Bertz CT molecular complexity index is 526. The Labute approximate surface area is 121 Å². The van der Waals surface area contributed by atoms with Crippen LogP contribution < -0.4 is 5.32 Å². The predicted molar refractivity (Wildman–Crippen MR) is 74.4 cm³/mol. The third-order valence-corrected chi connectivity index (χ3v) is 3.31. The van der Waals surface area contributed by atoms with Gasteiger partial charge in [0.05, 0.1) is 17.0 Å². The van der Waals surface area contributed by atoms with Gasteiger partial charge >= 0.3 is 5.97 Å². The summed E-state index contributed by atoms with van der Waals surface area (Å²) in [6.45, 7) is 5.44. The Hall–Kier alpha value is -1.62. The zero-order valence-electron chi connectivity index (χ0n) is 11.5. The van der Waals surface area contributed by atoms with Crippen molar-refractivity contribution in [3.63, 3.8) is 0 Å². The molecule has 6 heteroatoms. The van der Waals surface area contributed by atoms with E-state index in [1.807, 2.05) is 20.8 Å². The summed E-state index contributed by atoms with van der Waals surface area (Å²) in [6.07, 6.45) is -0.220. The van der Waals surface area contributed by atoms with Gasteiger partial charge < -0.3 is 10.4 Å². The van der Waals surface area contributed by atoms with Gasteiger partial charge in [-0.2, -0.15) is 0 Å². The molecule has 0 aliphatic carbocycles. The highest BCUT2D eigenvalue weighted by Crippen LogP contribution is 2.24. The summed E-state index contributed by atoms with van der Waals surface area (Å²) >= 11 is 5.74. The third-order valence-electron chi connectivity index (χ3n) is 2.93. The molecule has 4 nitrogen and oxygen atoms in total. The van der Waals surface area contributed by atoms with Gasteiger partial charge in [-0.05, 0) is 17.5 Å². The van der Waals surface area contributed by atoms with Crippen molar-refractivity contribution in [1.29, 1.82) is 0 Å². The maximum atomic E-state index is 13.3. The number of carboxylic acids is 1. The molecule has 0 heterocycles. The molecule has 2 N–H and O–H groups in total. The van der Waals surface area contributed by atoms with E-state index in [0.717, 1.165) is 6.07 Å². The van der Waals surface area contributed by atoms with Crippen LogP contribution in [0.5, 0.6) is 0 Å². The summed E-state index contributed by atoms with van der Waals surface area (Å²) < 4.78 is 13.3. The number of amides is 1. The standard InChI is InChI=1S/C14H17ClFNO3/c1-14(2,3)10(7-11(18)19)17-13(20)8-5-4-6-9(16)12(8)15/h4-6,10H,7H2,1-3H3,(H,17,20)(H,18,19). The molecular weight excluding hydrogens is 285 g/mol. The zero-order valence-corrected chi connectivity index (χ0v) is 12.3. The second-order valence-electron chi connectivity index (χ2n) is 5.59. The average molecular weight is 302 g/mol. The van der Waals surface area contributed by atoms with E-state index in [4.69, 9.17) is 16.7 Å². The SMILES string of the molecule is CC(C)(C)C(CC(=O)O)NC(=O)c1cccc(F)c1Cl. The molecule has 0 radical (unpaired) electrons. The van der Waals surface area contributed by atoms with Gasteiger partial charge in [0, 0.05) is 6.04 Å². The van der Waals surface area contributed by atoms with Crippen LogP contribution in [-0.4, -0.2) is 23.0 Å². The number of nitrogens with one attached hydrogen (secondary N) is 1. The quantitative estimate of drug-likeness (QED) is 0.898. The van der Waals surface area contributed by atoms with Crippen molar-refractivity contribution in [2.45, 2.75) is 33.2 Å². The number of benzene rings is 1. The Kier molecular flexibility index (Phi) is 5.11. The Morgan fingerprint density at radius 1 is 1.40 bits per heavy atom. The maximum Gasteiger partial charge on any atom is 0.305 e. The van der Waals surface area contributed by atoms with Crippen molar-refractivity contribution < 1.29 is 19.1 Å². The van der Waals surface area contributed by atoms with Gasteiger partial charge in [-0.25, -0.2) is 4.39 Å². The number of rotatable bonds is 4. The van der Waals surface area contributed by atoms with Crippen molar-refractivity contribution in [2.24, 2.45) is 5.41 Å². The topological polar surface area (TPSA) is 66.4 Å². The molecular formula is C14H17ClFNO3. The first-order chi connectivity index (χ1) is 9.12. The number of aliphatic carboxylic acids is 1. The molecule has 0 saturated heterocycles. The molecule has 0 spiro atoms. The van der Waals surface area contributed by atoms with Crippen LogP contribution in [-0.2, 0) is 4.79 Å².